The molecule has 5 rings (SSSR count). The van der Waals surface area contributed by atoms with Crippen LogP contribution in [0.3, 0.4) is 0 Å². The van der Waals surface area contributed by atoms with Crippen LogP contribution in [0.1, 0.15) is 27.3 Å². The minimum absolute atomic E-state index is 0.0658. The van der Waals surface area contributed by atoms with Crippen molar-refractivity contribution in [2.45, 2.75) is 20.8 Å². The van der Waals surface area contributed by atoms with E-state index in [1.54, 1.807) is 38.2 Å². The summed E-state index contributed by atoms with van der Waals surface area (Å²) in [6, 6.07) is 16.2. The largest absolute Gasteiger partial charge is 0.452 e. The van der Waals surface area contributed by atoms with Crippen LogP contribution in [0, 0.1) is 32.4 Å². The van der Waals surface area contributed by atoms with E-state index in [0.717, 1.165) is 11.8 Å². The molecule has 0 fully saturated rings. The molecule has 3 heterocycles. The topological polar surface area (TPSA) is 86.1 Å². The fraction of sp³-hybridized carbons (Fsp3) is 0.103. The van der Waals surface area contributed by atoms with Crippen molar-refractivity contribution < 1.29 is 18.3 Å². The van der Waals surface area contributed by atoms with Gasteiger partial charge in [-0.2, -0.15) is 0 Å². The zero-order chi connectivity index (χ0) is 27.0. The highest BCUT2D eigenvalue weighted by molar-refractivity contribution is 6.05. The number of anilines is 1. The van der Waals surface area contributed by atoms with E-state index in [9.17, 15) is 18.4 Å². The summed E-state index contributed by atoms with van der Waals surface area (Å²) in [5.74, 6) is -1.58. The predicted molar refractivity (Wildman–Crippen MR) is 140 cm³/mol. The first-order chi connectivity index (χ1) is 18.2. The van der Waals surface area contributed by atoms with Gasteiger partial charge >= 0.3 is 0 Å². The molecule has 0 aliphatic carbocycles. The second-order valence-electron chi connectivity index (χ2n) is 8.79. The lowest BCUT2D eigenvalue weighted by molar-refractivity contribution is 0.102. The van der Waals surface area contributed by atoms with Gasteiger partial charge in [-0.15, -0.1) is 0 Å². The SMILES string of the molecule is Cc1ccc2nccc(Oc3ccc(NC(=O)c4c(C)cc(C)n(-c5ccc(F)cc5)c4=O)cc3F)c2n1. The number of hydrogen-bond acceptors (Lipinski definition) is 5. The number of carbonyl (C=O) groups is 1. The number of ether oxygens (including phenoxy) is 1. The van der Waals surface area contributed by atoms with Gasteiger partial charge in [-0.25, -0.2) is 13.8 Å². The second kappa shape index (κ2) is 9.85. The number of nitrogens with zero attached hydrogens (tertiary/aromatic N) is 3. The van der Waals surface area contributed by atoms with Gasteiger partial charge < -0.3 is 10.1 Å². The standard InChI is InChI=1S/C29H22F2N4O3/c1-16-14-18(3)35(21-8-5-19(30)6-9-21)29(37)26(16)28(36)34-20-7-11-24(22(31)15-20)38-25-12-13-32-23-10-4-17(2)33-27(23)25/h4-15H,1-3H3,(H,34,36). The highest BCUT2D eigenvalue weighted by Gasteiger charge is 2.19. The highest BCUT2D eigenvalue weighted by atomic mass is 19.1. The smallest absolute Gasteiger partial charge is 0.268 e. The lowest BCUT2D eigenvalue weighted by Gasteiger charge is -2.15. The lowest BCUT2D eigenvalue weighted by Crippen LogP contribution is -2.31. The van der Waals surface area contributed by atoms with E-state index in [2.05, 4.69) is 15.3 Å². The first-order valence-electron chi connectivity index (χ1n) is 11.7. The van der Waals surface area contributed by atoms with Crippen LogP contribution < -0.4 is 15.6 Å². The maximum absolute atomic E-state index is 15.0. The molecule has 190 valence electrons. The summed E-state index contributed by atoms with van der Waals surface area (Å²) in [6.07, 6.45) is 1.55. The van der Waals surface area contributed by atoms with E-state index in [-0.39, 0.29) is 17.0 Å². The Kier molecular flexibility index (Phi) is 6.42. The van der Waals surface area contributed by atoms with E-state index >= 15 is 0 Å². The number of rotatable bonds is 5. The number of benzene rings is 2. The Balaban J connectivity index is 1.42. The predicted octanol–water partition coefficient (Wildman–Crippen LogP) is 6.03. The van der Waals surface area contributed by atoms with E-state index < -0.39 is 23.1 Å². The molecule has 9 heteroatoms. The van der Waals surface area contributed by atoms with E-state index in [1.807, 2.05) is 13.0 Å². The van der Waals surface area contributed by atoms with Crippen molar-refractivity contribution in [3.63, 3.8) is 0 Å². The molecule has 0 atom stereocenters. The minimum Gasteiger partial charge on any atom is -0.452 e. The molecule has 1 N–H and O–H groups in total. The number of hydrogen-bond donors (Lipinski definition) is 1. The van der Waals surface area contributed by atoms with Crippen LogP contribution in [-0.4, -0.2) is 20.4 Å². The number of amides is 1. The van der Waals surface area contributed by atoms with Crippen molar-refractivity contribution in [1.29, 1.82) is 0 Å². The zero-order valence-corrected chi connectivity index (χ0v) is 20.8. The van der Waals surface area contributed by atoms with Crippen molar-refractivity contribution in [1.82, 2.24) is 14.5 Å². The summed E-state index contributed by atoms with van der Waals surface area (Å²) in [6.45, 7) is 5.19. The fourth-order valence-corrected chi connectivity index (χ4v) is 4.23. The van der Waals surface area contributed by atoms with Crippen molar-refractivity contribution >= 4 is 22.6 Å². The molecule has 7 nitrogen and oxygen atoms in total. The molecule has 1 amide bonds. The number of aromatic nitrogens is 3. The molecule has 0 aliphatic heterocycles. The van der Waals surface area contributed by atoms with Crippen LogP contribution in [-0.2, 0) is 0 Å². The third-order valence-corrected chi connectivity index (χ3v) is 6.00. The van der Waals surface area contributed by atoms with E-state index in [0.29, 0.717) is 33.7 Å². The van der Waals surface area contributed by atoms with Gasteiger partial charge in [0.15, 0.2) is 17.3 Å². The first-order valence-corrected chi connectivity index (χ1v) is 11.7. The Morgan fingerprint density at radius 3 is 2.42 bits per heavy atom. The Morgan fingerprint density at radius 1 is 0.921 bits per heavy atom. The molecule has 3 aromatic heterocycles. The van der Waals surface area contributed by atoms with Crippen LogP contribution in [0.25, 0.3) is 16.7 Å². The maximum Gasteiger partial charge on any atom is 0.268 e. The summed E-state index contributed by atoms with van der Waals surface area (Å²) in [4.78, 5) is 35.1. The van der Waals surface area contributed by atoms with Gasteiger partial charge in [0.25, 0.3) is 11.5 Å². The number of fused-ring (bicyclic) bond motifs is 1. The average Bonchev–Trinajstić information content (AvgIpc) is 2.87. The van der Waals surface area contributed by atoms with Gasteiger partial charge in [-0.1, -0.05) is 0 Å². The van der Waals surface area contributed by atoms with Gasteiger partial charge in [-0.3, -0.25) is 19.1 Å². The van der Waals surface area contributed by atoms with Crippen LogP contribution >= 0.6 is 0 Å². The van der Waals surface area contributed by atoms with Gasteiger partial charge in [0, 0.05) is 41.1 Å². The fourth-order valence-electron chi connectivity index (χ4n) is 4.23. The quantitative estimate of drug-likeness (QED) is 0.311. The summed E-state index contributed by atoms with van der Waals surface area (Å²) in [7, 11) is 0. The molecule has 38 heavy (non-hydrogen) atoms. The number of aryl methyl sites for hydroxylation is 3. The Labute approximate surface area is 216 Å². The van der Waals surface area contributed by atoms with Gasteiger partial charge in [0.05, 0.1) is 5.52 Å². The number of pyridine rings is 3. The minimum atomic E-state index is -0.718. The third kappa shape index (κ3) is 4.73. The van der Waals surface area contributed by atoms with Crippen molar-refractivity contribution in [3.8, 4) is 17.2 Å². The monoisotopic (exact) mass is 512 g/mol. The van der Waals surface area contributed by atoms with E-state index in [4.69, 9.17) is 4.74 Å². The van der Waals surface area contributed by atoms with Gasteiger partial charge in [-0.05, 0) is 80.9 Å². The van der Waals surface area contributed by atoms with Crippen LogP contribution in [0.15, 0.2) is 77.7 Å². The Hall–Kier alpha value is -4.92. The maximum atomic E-state index is 15.0. The summed E-state index contributed by atoms with van der Waals surface area (Å²) in [5, 5.41) is 2.59. The van der Waals surface area contributed by atoms with Crippen LogP contribution in [0.5, 0.6) is 11.5 Å². The lowest BCUT2D eigenvalue weighted by atomic mass is 10.1. The van der Waals surface area contributed by atoms with Crippen molar-refractivity contribution in [2.75, 3.05) is 5.32 Å². The molecular weight excluding hydrogens is 490 g/mol. The van der Waals surface area contributed by atoms with Crippen LogP contribution in [0.2, 0.25) is 0 Å². The van der Waals surface area contributed by atoms with Crippen LogP contribution in [0.4, 0.5) is 14.5 Å². The van der Waals surface area contributed by atoms with Gasteiger partial charge in [0.2, 0.25) is 0 Å². The molecule has 2 aromatic carbocycles. The summed E-state index contributed by atoms with van der Waals surface area (Å²) in [5.41, 5.74) is 2.79. The van der Waals surface area contributed by atoms with Crippen molar-refractivity contribution in [3.05, 3.63) is 117 Å². The Bertz CT molecular complexity index is 1770. The molecule has 0 spiro atoms. The van der Waals surface area contributed by atoms with E-state index in [1.165, 1.54) is 41.0 Å². The molecular formula is C29H22F2N4O3. The summed E-state index contributed by atoms with van der Waals surface area (Å²) >= 11 is 0. The third-order valence-electron chi connectivity index (χ3n) is 6.00. The molecule has 5 aromatic rings. The van der Waals surface area contributed by atoms with Crippen molar-refractivity contribution in [2.24, 2.45) is 0 Å². The molecule has 0 bridgehead atoms. The highest BCUT2D eigenvalue weighted by Crippen LogP contribution is 2.30. The number of carbonyl (C=O) groups excluding carboxylic acids is 1. The first kappa shape index (κ1) is 24.8. The van der Waals surface area contributed by atoms with Gasteiger partial charge in [0.1, 0.15) is 16.9 Å². The molecule has 0 radical (unpaired) electrons. The second-order valence-corrected chi connectivity index (χ2v) is 8.79. The number of halogens is 2. The summed E-state index contributed by atoms with van der Waals surface area (Å²) < 4.78 is 35.5. The zero-order valence-electron chi connectivity index (χ0n) is 20.8. The molecule has 0 saturated heterocycles. The molecule has 0 saturated carbocycles. The average molecular weight is 513 g/mol. The normalized spacial score (nSPS) is 11.0. The number of nitrogens with one attached hydrogen (secondary N) is 1. The Morgan fingerprint density at radius 2 is 1.68 bits per heavy atom. The molecule has 0 aliphatic rings. The molecule has 0 unspecified atom stereocenters.